The standard InChI is InChI=1S/C33H34N4O6/c1-20(2)42-33(39)29-28(24-15-10-16-25(17-24)37(40)41)27(21(3)35-31(29)34)32(38)43-26-18-36(19-26)30(22-11-6-4-7-12-22)23-13-8-5-9-14-23/h4-17,20,26,28-30H,18-19H2,1-3H3,(H2,34,35). The normalized spacial score (nSPS) is 19.1. The number of nitrogens with zero attached hydrogens (tertiary/aromatic N) is 3. The van der Waals surface area contributed by atoms with Gasteiger partial charge in [0.05, 0.1) is 28.3 Å². The monoisotopic (exact) mass is 582 g/mol. The zero-order valence-electron chi connectivity index (χ0n) is 24.3. The fourth-order valence-corrected chi connectivity index (χ4v) is 5.77. The minimum atomic E-state index is -1.16. The molecule has 10 nitrogen and oxygen atoms in total. The summed E-state index contributed by atoms with van der Waals surface area (Å²) in [7, 11) is 0. The minimum Gasteiger partial charge on any atom is -0.462 e. The molecular formula is C33H34N4O6. The quantitative estimate of drug-likeness (QED) is 0.214. The second kappa shape index (κ2) is 12.6. The molecule has 1 saturated heterocycles. The number of hydrogen-bond donors (Lipinski definition) is 1. The van der Waals surface area contributed by atoms with E-state index in [0.717, 1.165) is 11.1 Å². The van der Waals surface area contributed by atoms with Crippen molar-refractivity contribution >= 4 is 23.5 Å². The van der Waals surface area contributed by atoms with E-state index in [1.807, 2.05) is 36.4 Å². The molecule has 0 aromatic heterocycles. The first-order valence-electron chi connectivity index (χ1n) is 14.2. The molecule has 2 N–H and O–H groups in total. The van der Waals surface area contributed by atoms with E-state index in [0.29, 0.717) is 18.7 Å². The van der Waals surface area contributed by atoms with Crippen molar-refractivity contribution in [1.29, 1.82) is 0 Å². The maximum atomic E-state index is 13.8. The average molecular weight is 583 g/mol. The Hall–Kier alpha value is -4.83. The van der Waals surface area contributed by atoms with Crippen molar-refractivity contribution in [3.8, 4) is 0 Å². The molecule has 0 aliphatic carbocycles. The number of carbonyl (C=O) groups excluding carboxylic acids is 2. The predicted octanol–water partition coefficient (Wildman–Crippen LogP) is 4.91. The van der Waals surface area contributed by atoms with Gasteiger partial charge in [0.1, 0.15) is 17.9 Å². The van der Waals surface area contributed by atoms with Crippen LogP contribution < -0.4 is 5.73 Å². The Labute approximate surface area is 250 Å². The minimum absolute atomic E-state index is 0.00909. The molecule has 1 fully saturated rings. The van der Waals surface area contributed by atoms with Gasteiger partial charge in [-0.3, -0.25) is 19.8 Å². The zero-order chi connectivity index (χ0) is 30.7. The molecule has 0 bridgehead atoms. The SMILES string of the molecule is CC1=C(C(=O)OC2CN(C(c3ccccc3)c3ccccc3)C2)C(c2cccc([N+](=O)[O-])c2)C(C(=O)OC(C)C)C(N)=N1. The summed E-state index contributed by atoms with van der Waals surface area (Å²) < 4.78 is 11.5. The Morgan fingerprint density at radius 1 is 0.977 bits per heavy atom. The van der Waals surface area contributed by atoms with Gasteiger partial charge in [-0.2, -0.15) is 0 Å². The summed E-state index contributed by atoms with van der Waals surface area (Å²) in [4.78, 5) is 44.7. The van der Waals surface area contributed by atoms with Crippen LogP contribution in [0.5, 0.6) is 0 Å². The van der Waals surface area contributed by atoms with Crippen LogP contribution in [0.1, 0.15) is 49.4 Å². The number of esters is 2. The third-order valence-corrected chi connectivity index (χ3v) is 7.66. The molecule has 2 atom stereocenters. The first-order valence-corrected chi connectivity index (χ1v) is 14.2. The van der Waals surface area contributed by atoms with Crippen molar-refractivity contribution < 1.29 is 24.0 Å². The first-order chi connectivity index (χ1) is 20.6. The number of nitro benzene ring substituents is 1. The lowest BCUT2D eigenvalue weighted by molar-refractivity contribution is -0.384. The van der Waals surface area contributed by atoms with Crippen LogP contribution in [0.4, 0.5) is 5.69 Å². The molecule has 0 amide bonds. The third-order valence-electron chi connectivity index (χ3n) is 7.66. The Morgan fingerprint density at radius 2 is 1.58 bits per heavy atom. The number of allylic oxidation sites excluding steroid dienone is 1. The van der Waals surface area contributed by atoms with E-state index in [4.69, 9.17) is 15.2 Å². The van der Waals surface area contributed by atoms with Crippen LogP contribution in [0.15, 0.2) is 101 Å². The number of benzene rings is 3. The molecule has 222 valence electrons. The highest BCUT2D eigenvalue weighted by Crippen LogP contribution is 2.41. The number of rotatable bonds is 9. The molecule has 2 unspecified atom stereocenters. The molecule has 0 saturated carbocycles. The highest BCUT2D eigenvalue weighted by molar-refractivity contribution is 6.06. The van der Waals surface area contributed by atoms with Gasteiger partial charge >= 0.3 is 11.9 Å². The lowest BCUT2D eigenvalue weighted by Crippen LogP contribution is -2.54. The predicted molar refractivity (Wildman–Crippen MR) is 161 cm³/mol. The van der Waals surface area contributed by atoms with E-state index >= 15 is 0 Å². The van der Waals surface area contributed by atoms with E-state index in [9.17, 15) is 19.7 Å². The highest BCUT2D eigenvalue weighted by atomic mass is 16.6. The maximum absolute atomic E-state index is 13.8. The van der Waals surface area contributed by atoms with Gasteiger partial charge in [0.25, 0.3) is 5.69 Å². The highest BCUT2D eigenvalue weighted by Gasteiger charge is 2.45. The lowest BCUT2D eigenvalue weighted by atomic mass is 9.77. The largest absolute Gasteiger partial charge is 0.462 e. The summed E-state index contributed by atoms with van der Waals surface area (Å²) >= 11 is 0. The number of nitrogens with two attached hydrogens (primary N) is 1. The van der Waals surface area contributed by atoms with Gasteiger partial charge in [-0.1, -0.05) is 72.8 Å². The van der Waals surface area contributed by atoms with Crippen LogP contribution in [-0.4, -0.2) is 52.9 Å². The van der Waals surface area contributed by atoms with Crippen LogP contribution >= 0.6 is 0 Å². The molecule has 43 heavy (non-hydrogen) atoms. The molecule has 2 heterocycles. The number of nitro groups is 1. The van der Waals surface area contributed by atoms with Crippen molar-refractivity contribution in [3.63, 3.8) is 0 Å². The van der Waals surface area contributed by atoms with Crippen molar-refractivity contribution in [1.82, 2.24) is 4.90 Å². The maximum Gasteiger partial charge on any atom is 0.336 e. The van der Waals surface area contributed by atoms with Crippen LogP contribution in [0.2, 0.25) is 0 Å². The fraction of sp³-hybridized carbons (Fsp3) is 0.303. The number of carbonyl (C=O) groups is 2. The molecule has 10 heteroatoms. The second-order valence-corrected chi connectivity index (χ2v) is 11.0. The van der Waals surface area contributed by atoms with Crippen LogP contribution in [0, 0.1) is 16.0 Å². The second-order valence-electron chi connectivity index (χ2n) is 11.0. The molecule has 5 rings (SSSR count). The van der Waals surface area contributed by atoms with E-state index in [-0.39, 0.29) is 28.8 Å². The Bertz CT molecular complexity index is 1520. The summed E-state index contributed by atoms with van der Waals surface area (Å²) in [5.74, 6) is -3.48. The Morgan fingerprint density at radius 3 is 2.14 bits per heavy atom. The Kier molecular flexibility index (Phi) is 8.68. The molecule has 2 aliphatic heterocycles. The lowest BCUT2D eigenvalue weighted by Gasteiger charge is -2.44. The van der Waals surface area contributed by atoms with Crippen LogP contribution in [0.3, 0.4) is 0 Å². The van der Waals surface area contributed by atoms with Crippen LogP contribution in [-0.2, 0) is 19.1 Å². The number of non-ortho nitro benzene ring substituents is 1. The summed E-state index contributed by atoms with van der Waals surface area (Å²) in [5.41, 5.74) is 9.12. The van der Waals surface area contributed by atoms with Gasteiger partial charge in [-0.15, -0.1) is 0 Å². The van der Waals surface area contributed by atoms with E-state index in [1.54, 1.807) is 26.8 Å². The van der Waals surface area contributed by atoms with Gasteiger partial charge in [0.15, 0.2) is 0 Å². The first kappa shape index (κ1) is 29.7. The number of likely N-dealkylation sites (tertiary alicyclic amines) is 1. The van der Waals surface area contributed by atoms with Crippen molar-refractivity contribution in [2.75, 3.05) is 13.1 Å². The van der Waals surface area contributed by atoms with Gasteiger partial charge in [-0.25, -0.2) is 9.79 Å². The van der Waals surface area contributed by atoms with Gasteiger partial charge < -0.3 is 15.2 Å². The molecule has 3 aromatic rings. The van der Waals surface area contributed by atoms with Gasteiger partial charge in [0, 0.05) is 31.1 Å². The number of amidine groups is 1. The van der Waals surface area contributed by atoms with E-state index < -0.39 is 40.9 Å². The number of ether oxygens (including phenoxy) is 2. The van der Waals surface area contributed by atoms with Crippen molar-refractivity contribution in [2.45, 2.75) is 44.9 Å². The van der Waals surface area contributed by atoms with Crippen LogP contribution in [0.25, 0.3) is 0 Å². The topological polar surface area (TPSA) is 137 Å². The van der Waals surface area contributed by atoms with Crippen molar-refractivity contribution in [2.24, 2.45) is 16.6 Å². The van der Waals surface area contributed by atoms with E-state index in [1.165, 1.54) is 18.2 Å². The number of hydrogen-bond acceptors (Lipinski definition) is 9. The van der Waals surface area contributed by atoms with Crippen molar-refractivity contribution in [3.05, 3.63) is 123 Å². The summed E-state index contributed by atoms with van der Waals surface area (Å²) in [5, 5.41) is 11.6. The summed E-state index contributed by atoms with van der Waals surface area (Å²) in [6, 6.07) is 26.1. The molecular weight excluding hydrogens is 548 g/mol. The van der Waals surface area contributed by atoms with E-state index in [2.05, 4.69) is 34.2 Å². The molecule has 0 radical (unpaired) electrons. The molecule has 0 spiro atoms. The fourth-order valence-electron chi connectivity index (χ4n) is 5.77. The van der Waals surface area contributed by atoms with Gasteiger partial charge in [0.2, 0.25) is 0 Å². The smallest absolute Gasteiger partial charge is 0.336 e. The average Bonchev–Trinajstić information content (AvgIpc) is 2.96. The summed E-state index contributed by atoms with van der Waals surface area (Å²) in [6.07, 6.45) is -0.852. The zero-order valence-corrected chi connectivity index (χ0v) is 24.3. The third kappa shape index (κ3) is 6.34. The molecule has 3 aromatic carbocycles. The summed E-state index contributed by atoms with van der Waals surface area (Å²) in [6.45, 7) is 6.02. The Balaban J connectivity index is 1.41. The van der Waals surface area contributed by atoms with Gasteiger partial charge in [-0.05, 0) is 37.5 Å². The number of aliphatic imine (C=N–C) groups is 1. The molecule has 2 aliphatic rings.